The zero-order valence-corrected chi connectivity index (χ0v) is 37.0. The lowest BCUT2D eigenvalue weighted by atomic mass is 9.84. The standard InChI is InChI=1S/3C19H22/c1-12(2)17-10-15-9-14-7-5-6-8-16(14)19(15)11-18(17)13(3)4;1-12(2)15-9-10-17-16-8-6-5-7-14(16)11-18(17)19(15)13(3)4;1-12(2)16-10-9-15-11-14-7-5-6-8-17(14)19(15)18(16)13(3)4/h5-8,10-13H,9H2,1-4H3;2*5-10,12-13H,11H2,1-4H3. The van der Waals surface area contributed by atoms with Crippen LogP contribution in [0.25, 0.3) is 33.4 Å². The van der Waals surface area contributed by atoms with Crippen LogP contribution in [0.1, 0.15) is 185 Å². The Bertz CT molecular complexity index is 2370. The van der Waals surface area contributed by atoms with E-state index >= 15 is 0 Å². The van der Waals surface area contributed by atoms with E-state index in [9.17, 15) is 0 Å². The fraction of sp³-hybridized carbons (Fsp3) is 0.368. The van der Waals surface area contributed by atoms with Gasteiger partial charge in [-0.3, -0.25) is 0 Å². The van der Waals surface area contributed by atoms with E-state index in [4.69, 9.17) is 0 Å². The second-order valence-corrected chi connectivity index (χ2v) is 18.8. The fourth-order valence-electron chi connectivity index (χ4n) is 10.1. The van der Waals surface area contributed by atoms with Crippen molar-refractivity contribution in [2.24, 2.45) is 0 Å². The molecule has 6 aromatic rings. The van der Waals surface area contributed by atoms with Crippen LogP contribution < -0.4 is 0 Å². The third kappa shape index (κ3) is 7.82. The van der Waals surface area contributed by atoms with Gasteiger partial charge in [0.05, 0.1) is 0 Å². The summed E-state index contributed by atoms with van der Waals surface area (Å²) >= 11 is 0. The first-order chi connectivity index (χ1) is 27.3. The van der Waals surface area contributed by atoms with Crippen molar-refractivity contribution in [3.05, 3.63) is 176 Å². The average molecular weight is 751 g/mol. The number of hydrogen-bond donors (Lipinski definition) is 0. The predicted octanol–water partition coefficient (Wildman–Crippen LogP) is 16.5. The van der Waals surface area contributed by atoms with Gasteiger partial charge in [0.2, 0.25) is 0 Å². The molecule has 0 heteroatoms. The van der Waals surface area contributed by atoms with Gasteiger partial charge in [-0.25, -0.2) is 0 Å². The van der Waals surface area contributed by atoms with E-state index in [1.54, 1.807) is 16.7 Å². The van der Waals surface area contributed by atoms with Crippen LogP contribution in [0.3, 0.4) is 0 Å². The Hall–Kier alpha value is -4.68. The summed E-state index contributed by atoms with van der Waals surface area (Å²) < 4.78 is 0. The summed E-state index contributed by atoms with van der Waals surface area (Å²) in [6.45, 7) is 27.7. The minimum absolute atomic E-state index is 0.582. The Morgan fingerprint density at radius 2 is 0.737 bits per heavy atom. The molecule has 9 rings (SSSR count). The van der Waals surface area contributed by atoms with Crippen LogP contribution >= 0.6 is 0 Å². The van der Waals surface area contributed by atoms with Gasteiger partial charge in [-0.15, -0.1) is 0 Å². The van der Waals surface area contributed by atoms with Crippen LogP contribution in [0.15, 0.2) is 109 Å². The average Bonchev–Trinajstić information content (AvgIpc) is 3.87. The van der Waals surface area contributed by atoms with Gasteiger partial charge >= 0.3 is 0 Å². The number of rotatable bonds is 6. The summed E-state index contributed by atoms with van der Waals surface area (Å²) in [5, 5.41) is 0. The molecule has 0 amide bonds. The largest absolute Gasteiger partial charge is 0.0619 e. The highest BCUT2D eigenvalue weighted by molar-refractivity contribution is 5.82. The summed E-state index contributed by atoms with van der Waals surface area (Å²) in [4.78, 5) is 0. The lowest BCUT2D eigenvalue weighted by Crippen LogP contribution is -2.03. The highest BCUT2D eigenvalue weighted by Crippen LogP contribution is 2.46. The van der Waals surface area contributed by atoms with E-state index in [1.165, 1.54) is 83.5 Å². The van der Waals surface area contributed by atoms with Gasteiger partial charge in [0.1, 0.15) is 0 Å². The summed E-state index contributed by atoms with van der Waals surface area (Å²) in [5.41, 5.74) is 27.1. The van der Waals surface area contributed by atoms with E-state index < -0.39 is 0 Å². The molecule has 0 aliphatic heterocycles. The molecular weight excluding hydrogens is 685 g/mol. The lowest BCUT2D eigenvalue weighted by molar-refractivity contribution is 0.781. The zero-order chi connectivity index (χ0) is 40.7. The van der Waals surface area contributed by atoms with Crippen molar-refractivity contribution in [1.82, 2.24) is 0 Å². The highest BCUT2D eigenvalue weighted by Gasteiger charge is 2.27. The maximum atomic E-state index is 2.45. The van der Waals surface area contributed by atoms with Crippen LogP contribution in [0, 0.1) is 0 Å². The van der Waals surface area contributed by atoms with Crippen LogP contribution in [-0.4, -0.2) is 0 Å². The molecule has 3 aliphatic carbocycles. The highest BCUT2D eigenvalue weighted by atomic mass is 14.3. The first kappa shape index (κ1) is 40.5. The van der Waals surface area contributed by atoms with Gasteiger partial charge in [-0.05, 0) is 155 Å². The van der Waals surface area contributed by atoms with E-state index in [0.29, 0.717) is 35.5 Å². The van der Waals surface area contributed by atoms with E-state index in [0.717, 1.165) is 19.3 Å². The monoisotopic (exact) mass is 751 g/mol. The van der Waals surface area contributed by atoms with E-state index in [2.05, 4.69) is 192 Å². The normalized spacial score (nSPS) is 12.9. The van der Waals surface area contributed by atoms with Gasteiger partial charge in [-0.2, -0.15) is 0 Å². The number of benzene rings is 6. The Labute approximate surface area is 345 Å². The summed E-state index contributed by atoms with van der Waals surface area (Å²) in [6.07, 6.45) is 3.31. The van der Waals surface area contributed by atoms with Crippen molar-refractivity contribution in [2.75, 3.05) is 0 Å². The predicted molar refractivity (Wildman–Crippen MR) is 249 cm³/mol. The van der Waals surface area contributed by atoms with Crippen molar-refractivity contribution in [3.63, 3.8) is 0 Å². The second kappa shape index (κ2) is 16.7. The Kier molecular flexibility index (Phi) is 11.8. The molecule has 0 saturated heterocycles. The molecule has 0 fully saturated rings. The molecule has 6 aromatic carbocycles. The minimum atomic E-state index is 0.582. The van der Waals surface area contributed by atoms with Crippen molar-refractivity contribution < 1.29 is 0 Å². The molecule has 0 N–H and O–H groups in total. The van der Waals surface area contributed by atoms with Gasteiger partial charge in [-0.1, -0.05) is 192 Å². The molecule has 0 aromatic heterocycles. The lowest BCUT2D eigenvalue weighted by Gasteiger charge is -2.20. The SMILES string of the molecule is CC(C)c1cc2c(cc1C(C)C)-c1ccccc1C2.CC(C)c1ccc2c(c1C(C)C)-c1ccccc1C2.CC(C)c1ccc2c(c1C(C)C)Cc1ccccc1-2. The quantitative estimate of drug-likeness (QED) is 0.159. The molecule has 0 unspecified atom stereocenters. The summed E-state index contributed by atoms with van der Waals surface area (Å²) in [6, 6.07) is 40.8. The third-order valence-electron chi connectivity index (χ3n) is 12.7. The van der Waals surface area contributed by atoms with Crippen molar-refractivity contribution in [2.45, 2.75) is 138 Å². The zero-order valence-electron chi connectivity index (χ0n) is 37.0. The Morgan fingerprint density at radius 1 is 0.298 bits per heavy atom. The fourth-order valence-corrected chi connectivity index (χ4v) is 10.1. The van der Waals surface area contributed by atoms with Crippen LogP contribution in [0.2, 0.25) is 0 Å². The van der Waals surface area contributed by atoms with Crippen LogP contribution in [-0.2, 0) is 19.3 Å². The van der Waals surface area contributed by atoms with E-state index in [1.807, 2.05) is 0 Å². The minimum Gasteiger partial charge on any atom is -0.0619 e. The molecule has 294 valence electrons. The maximum absolute atomic E-state index is 2.45. The van der Waals surface area contributed by atoms with Crippen molar-refractivity contribution in [1.29, 1.82) is 0 Å². The maximum Gasteiger partial charge on any atom is -0.00105 e. The van der Waals surface area contributed by atoms with Gasteiger partial charge in [0.15, 0.2) is 0 Å². The third-order valence-corrected chi connectivity index (χ3v) is 12.7. The second-order valence-electron chi connectivity index (χ2n) is 18.8. The Morgan fingerprint density at radius 3 is 1.30 bits per heavy atom. The van der Waals surface area contributed by atoms with Gasteiger partial charge in [0, 0.05) is 0 Å². The topological polar surface area (TPSA) is 0 Å². The van der Waals surface area contributed by atoms with Gasteiger partial charge in [0.25, 0.3) is 0 Å². The van der Waals surface area contributed by atoms with Gasteiger partial charge < -0.3 is 0 Å². The van der Waals surface area contributed by atoms with E-state index in [-0.39, 0.29) is 0 Å². The van der Waals surface area contributed by atoms with Crippen molar-refractivity contribution in [3.8, 4) is 33.4 Å². The molecule has 0 saturated carbocycles. The Balaban J connectivity index is 0.000000131. The van der Waals surface area contributed by atoms with Crippen LogP contribution in [0.5, 0.6) is 0 Å². The molecular formula is C57H66. The number of hydrogen-bond acceptors (Lipinski definition) is 0. The molecule has 3 aliphatic rings. The summed E-state index contributed by atoms with van der Waals surface area (Å²) in [7, 11) is 0. The summed E-state index contributed by atoms with van der Waals surface area (Å²) in [5.74, 6) is 3.57. The molecule has 0 heterocycles. The first-order valence-corrected chi connectivity index (χ1v) is 22.0. The van der Waals surface area contributed by atoms with Crippen molar-refractivity contribution >= 4 is 0 Å². The molecule has 0 atom stereocenters. The smallest absolute Gasteiger partial charge is 0.00105 e. The first-order valence-electron chi connectivity index (χ1n) is 22.0. The number of fused-ring (bicyclic) bond motifs is 9. The molecule has 0 radical (unpaired) electrons. The molecule has 0 spiro atoms. The molecule has 57 heavy (non-hydrogen) atoms. The molecule has 0 nitrogen and oxygen atoms in total. The molecule has 0 bridgehead atoms. The van der Waals surface area contributed by atoms with Crippen LogP contribution in [0.4, 0.5) is 0 Å².